The molecule has 0 aliphatic carbocycles. The summed E-state index contributed by atoms with van der Waals surface area (Å²) in [4.78, 5) is 2.40. The predicted octanol–water partition coefficient (Wildman–Crippen LogP) is 2.73. The number of phenols is 1. The van der Waals surface area contributed by atoms with E-state index in [0.717, 1.165) is 36.2 Å². The van der Waals surface area contributed by atoms with E-state index >= 15 is 0 Å². The van der Waals surface area contributed by atoms with Gasteiger partial charge in [0.25, 0.3) is 0 Å². The van der Waals surface area contributed by atoms with E-state index in [1.165, 1.54) is 12.8 Å². The van der Waals surface area contributed by atoms with Crippen LogP contribution in [0.5, 0.6) is 5.75 Å². The van der Waals surface area contributed by atoms with Crippen molar-refractivity contribution < 1.29 is 9.52 Å². The van der Waals surface area contributed by atoms with Crippen molar-refractivity contribution in [3.05, 3.63) is 30.0 Å². The number of likely N-dealkylation sites (tertiary alicyclic amines) is 1. The van der Waals surface area contributed by atoms with Crippen LogP contribution < -0.4 is 0 Å². The first-order valence-electron chi connectivity index (χ1n) is 5.75. The second-order valence-corrected chi connectivity index (χ2v) is 4.39. The molecule has 1 aromatic heterocycles. The molecule has 0 amide bonds. The maximum atomic E-state index is 9.84. The van der Waals surface area contributed by atoms with E-state index in [9.17, 15) is 5.11 Å². The standard InChI is InChI=1S/C13H15NO2/c15-11-4-3-5-12-13(11)10(9-16-12)8-14-6-1-2-7-14/h3-5,9,15H,1-2,6-8H2. The molecule has 1 aliphatic heterocycles. The highest BCUT2D eigenvalue weighted by Crippen LogP contribution is 2.30. The van der Waals surface area contributed by atoms with Crippen LogP contribution in [0.3, 0.4) is 0 Å². The van der Waals surface area contributed by atoms with Crippen LogP contribution in [0, 0.1) is 0 Å². The fourth-order valence-electron chi connectivity index (χ4n) is 2.43. The van der Waals surface area contributed by atoms with Gasteiger partial charge in [0.2, 0.25) is 0 Å². The number of furan rings is 1. The Labute approximate surface area is 94.3 Å². The first-order valence-corrected chi connectivity index (χ1v) is 5.75. The molecule has 16 heavy (non-hydrogen) atoms. The fourth-order valence-corrected chi connectivity index (χ4v) is 2.43. The van der Waals surface area contributed by atoms with Gasteiger partial charge in [-0.3, -0.25) is 4.90 Å². The molecule has 1 aliphatic rings. The summed E-state index contributed by atoms with van der Waals surface area (Å²) in [5.74, 6) is 0.320. The molecule has 0 unspecified atom stereocenters. The Hall–Kier alpha value is -1.48. The van der Waals surface area contributed by atoms with Crippen molar-refractivity contribution in [2.75, 3.05) is 13.1 Å². The number of rotatable bonds is 2. The normalized spacial score (nSPS) is 17.2. The molecular formula is C13H15NO2. The summed E-state index contributed by atoms with van der Waals surface area (Å²) >= 11 is 0. The number of nitrogens with zero attached hydrogens (tertiary/aromatic N) is 1. The molecule has 2 aromatic rings. The molecule has 1 saturated heterocycles. The number of hydrogen-bond acceptors (Lipinski definition) is 3. The minimum absolute atomic E-state index is 0.320. The van der Waals surface area contributed by atoms with E-state index < -0.39 is 0 Å². The monoisotopic (exact) mass is 217 g/mol. The molecule has 2 heterocycles. The third-order valence-electron chi connectivity index (χ3n) is 3.25. The van der Waals surface area contributed by atoms with Gasteiger partial charge in [-0.2, -0.15) is 0 Å². The molecule has 0 bridgehead atoms. The van der Waals surface area contributed by atoms with Crippen molar-refractivity contribution >= 4 is 11.0 Å². The van der Waals surface area contributed by atoms with Crippen molar-refractivity contribution in [3.63, 3.8) is 0 Å². The maximum Gasteiger partial charge on any atom is 0.137 e. The molecule has 0 saturated carbocycles. The van der Waals surface area contributed by atoms with Crippen LogP contribution in [0.15, 0.2) is 28.9 Å². The second kappa shape index (κ2) is 3.83. The zero-order valence-electron chi connectivity index (χ0n) is 9.15. The van der Waals surface area contributed by atoms with Crippen molar-refractivity contribution in [2.24, 2.45) is 0 Å². The fraction of sp³-hybridized carbons (Fsp3) is 0.385. The molecule has 0 atom stereocenters. The maximum absolute atomic E-state index is 9.84. The number of fused-ring (bicyclic) bond motifs is 1. The van der Waals surface area contributed by atoms with Crippen LogP contribution in [0.4, 0.5) is 0 Å². The average molecular weight is 217 g/mol. The average Bonchev–Trinajstić information content (AvgIpc) is 2.90. The van der Waals surface area contributed by atoms with Gasteiger partial charge < -0.3 is 9.52 Å². The van der Waals surface area contributed by atoms with Crippen molar-refractivity contribution in [3.8, 4) is 5.75 Å². The van der Waals surface area contributed by atoms with E-state index in [2.05, 4.69) is 4.90 Å². The number of hydrogen-bond donors (Lipinski definition) is 1. The van der Waals surface area contributed by atoms with E-state index in [0.29, 0.717) is 5.75 Å². The molecule has 1 fully saturated rings. The lowest BCUT2D eigenvalue weighted by atomic mass is 10.1. The quantitative estimate of drug-likeness (QED) is 0.840. The van der Waals surface area contributed by atoms with Crippen LogP contribution in [0.2, 0.25) is 0 Å². The van der Waals surface area contributed by atoms with E-state index in [4.69, 9.17) is 4.42 Å². The third-order valence-corrected chi connectivity index (χ3v) is 3.25. The lowest BCUT2D eigenvalue weighted by molar-refractivity contribution is 0.331. The van der Waals surface area contributed by atoms with Gasteiger partial charge in [-0.15, -0.1) is 0 Å². The topological polar surface area (TPSA) is 36.6 Å². The molecule has 3 heteroatoms. The number of benzene rings is 1. The van der Waals surface area contributed by atoms with Crippen molar-refractivity contribution in [1.29, 1.82) is 0 Å². The Morgan fingerprint density at radius 3 is 2.88 bits per heavy atom. The molecule has 84 valence electrons. The largest absolute Gasteiger partial charge is 0.507 e. The Kier molecular flexibility index (Phi) is 2.33. The first-order chi connectivity index (χ1) is 7.84. The molecule has 0 spiro atoms. The Morgan fingerprint density at radius 2 is 2.06 bits per heavy atom. The van der Waals surface area contributed by atoms with Gasteiger partial charge in [-0.1, -0.05) is 6.07 Å². The second-order valence-electron chi connectivity index (χ2n) is 4.39. The summed E-state index contributed by atoms with van der Waals surface area (Å²) in [5.41, 5.74) is 1.86. The summed E-state index contributed by atoms with van der Waals surface area (Å²) in [7, 11) is 0. The highest BCUT2D eigenvalue weighted by molar-refractivity contribution is 5.87. The molecular weight excluding hydrogens is 202 g/mol. The van der Waals surface area contributed by atoms with Crippen LogP contribution in [-0.4, -0.2) is 23.1 Å². The van der Waals surface area contributed by atoms with Crippen LogP contribution in [0.1, 0.15) is 18.4 Å². The number of aromatic hydroxyl groups is 1. The summed E-state index contributed by atoms with van der Waals surface area (Å²) in [6, 6.07) is 5.41. The summed E-state index contributed by atoms with van der Waals surface area (Å²) in [5, 5.41) is 10.7. The predicted molar refractivity (Wildman–Crippen MR) is 62.4 cm³/mol. The van der Waals surface area contributed by atoms with Gasteiger partial charge in [-0.25, -0.2) is 0 Å². The molecule has 1 aromatic carbocycles. The van der Waals surface area contributed by atoms with Gasteiger partial charge in [-0.05, 0) is 38.1 Å². The van der Waals surface area contributed by atoms with Crippen molar-refractivity contribution in [1.82, 2.24) is 4.90 Å². The summed E-state index contributed by atoms with van der Waals surface area (Å²) in [6.45, 7) is 3.19. The van der Waals surface area contributed by atoms with Gasteiger partial charge in [0, 0.05) is 12.1 Å². The smallest absolute Gasteiger partial charge is 0.137 e. The Morgan fingerprint density at radius 1 is 1.25 bits per heavy atom. The van der Waals surface area contributed by atoms with Crippen LogP contribution >= 0.6 is 0 Å². The third kappa shape index (κ3) is 1.57. The van der Waals surface area contributed by atoms with E-state index in [1.807, 2.05) is 6.07 Å². The van der Waals surface area contributed by atoms with Gasteiger partial charge in [0.15, 0.2) is 0 Å². The van der Waals surface area contributed by atoms with Gasteiger partial charge in [0.1, 0.15) is 11.3 Å². The minimum atomic E-state index is 0.320. The minimum Gasteiger partial charge on any atom is -0.507 e. The van der Waals surface area contributed by atoms with Gasteiger partial charge >= 0.3 is 0 Å². The number of phenolic OH excluding ortho intramolecular Hbond substituents is 1. The summed E-state index contributed by atoms with van der Waals surface area (Å²) in [6.07, 6.45) is 4.33. The van der Waals surface area contributed by atoms with Crippen molar-refractivity contribution in [2.45, 2.75) is 19.4 Å². The lowest BCUT2D eigenvalue weighted by Crippen LogP contribution is -2.17. The Balaban J connectivity index is 1.97. The SMILES string of the molecule is Oc1cccc2occ(CN3CCCC3)c12. The lowest BCUT2D eigenvalue weighted by Gasteiger charge is -2.13. The van der Waals surface area contributed by atoms with Gasteiger partial charge in [0.05, 0.1) is 11.6 Å². The van der Waals surface area contributed by atoms with E-state index in [-0.39, 0.29) is 0 Å². The molecule has 0 radical (unpaired) electrons. The Bertz CT molecular complexity index is 498. The molecule has 3 rings (SSSR count). The van der Waals surface area contributed by atoms with Crippen LogP contribution in [-0.2, 0) is 6.54 Å². The molecule has 3 nitrogen and oxygen atoms in total. The van der Waals surface area contributed by atoms with Crippen LogP contribution in [0.25, 0.3) is 11.0 Å². The van der Waals surface area contributed by atoms with E-state index in [1.54, 1.807) is 18.4 Å². The zero-order valence-corrected chi connectivity index (χ0v) is 9.15. The summed E-state index contributed by atoms with van der Waals surface area (Å²) < 4.78 is 5.45. The highest BCUT2D eigenvalue weighted by Gasteiger charge is 2.16. The highest BCUT2D eigenvalue weighted by atomic mass is 16.3. The first kappa shape index (κ1) is 9.73. The zero-order chi connectivity index (χ0) is 11.0. The molecule has 1 N–H and O–H groups in total.